The summed E-state index contributed by atoms with van der Waals surface area (Å²) in [6, 6.07) is 0.832. The molecular weight excluding hydrogens is 136 g/mol. The first-order valence-electron chi connectivity index (χ1n) is 4.68. The highest BCUT2D eigenvalue weighted by Gasteiger charge is 2.39. The summed E-state index contributed by atoms with van der Waals surface area (Å²) >= 11 is 0. The molecule has 1 N–H and O–H groups in total. The van der Waals surface area contributed by atoms with Gasteiger partial charge in [-0.25, -0.2) is 0 Å². The van der Waals surface area contributed by atoms with Crippen molar-refractivity contribution in [3.8, 4) is 0 Å². The summed E-state index contributed by atoms with van der Waals surface area (Å²) in [4.78, 5) is 2.67. The van der Waals surface area contributed by atoms with Crippen molar-refractivity contribution in [1.82, 2.24) is 10.2 Å². The molecule has 2 heteroatoms. The van der Waals surface area contributed by atoms with Gasteiger partial charge in [-0.1, -0.05) is 0 Å². The van der Waals surface area contributed by atoms with E-state index in [4.69, 9.17) is 0 Å². The maximum atomic E-state index is 3.45. The molecule has 0 saturated carbocycles. The third-order valence-electron chi connectivity index (χ3n) is 3.22. The predicted molar refractivity (Wildman–Crippen MR) is 46.7 cm³/mol. The van der Waals surface area contributed by atoms with E-state index in [1.165, 1.54) is 32.5 Å². The number of fused-ring (bicyclic) bond motifs is 1. The van der Waals surface area contributed by atoms with E-state index < -0.39 is 0 Å². The summed E-state index contributed by atoms with van der Waals surface area (Å²) in [5.74, 6) is 0. The van der Waals surface area contributed by atoms with Crippen LogP contribution in [0.25, 0.3) is 0 Å². The van der Waals surface area contributed by atoms with E-state index in [1.54, 1.807) is 0 Å². The van der Waals surface area contributed by atoms with Crippen molar-refractivity contribution in [3.05, 3.63) is 0 Å². The average molecular weight is 154 g/mol. The molecule has 0 radical (unpaired) electrons. The SMILES string of the molecule is CC1(C)CC[C@@H]2CNCCN21. The van der Waals surface area contributed by atoms with E-state index in [0.29, 0.717) is 5.54 Å². The molecule has 0 bridgehead atoms. The largest absolute Gasteiger partial charge is 0.314 e. The van der Waals surface area contributed by atoms with E-state index in [0.717, 1.165) is 6.04 Å². The fourth-order valence-corrected chi connectivity index (χ4v) is 2.48. The minimum atomic E-state index is 0.479. The number of hydrogen-bond acceptors (Lipinski definition) is 2. The van der Waals surface area contributed by atoms with Gasteiger partial charge < -0.3 is 5.32 Å². The lowest BCUT2D eigenvalue weighted by molar-refractivity contribution is 0.107. The number of piperazine rings is 1. The van der Waals surface area contributed by atoms with Gasteiger partial charge in [0, 0.05) is 31.2 Å². The normalized spacial score (nSPS) is 37.1. The molecule has 0 aromatic rings. The van der Waals surface area contributed by atoms with Gasteiger partial charge in [-0.05, 0) is 26.7 Å². The zero-order valence-corrected chi connectivity index (χ0v) is 7.56. The Bertz CT molecular complexity index is 154. The first kappa shape index (κ1) is 7.56. The maximum Gasteiger partial charge on any atom is 0.0227 e. The van der Waals surface area contributed by atoms with Gasteiger partial charge in [0.2, 0.25) is 0 Å². The molecule has 0 amide bonds. The Balaban J connectivity index is 2.10. The standard InChI is InChI=1S/C9H18N2/c1-9(2)4-3-8-7-10-5-6-11(8)9/h8,10H,3-7H2,1-2H3/t8-/m1/s1. The molecule has 2 aliphatic heterocycles. The van der Waals surface area contributed by atoms with E-state index >= 15 is 0 Å². The van der Waals surface area contributed by atoms with Crippen LogP contribution in [-0.4, -0.2) is 36.1 Å². The molecule has 11 heavy (non-hydrogen) atoms. The number of hydrogen-bond donors (Lipinski definition) is 1. The highest BCUT2D eigenvalue weighted by atomic mass is 15.3. The molecule has 2 heterocycles. The van der Waals surface area contributed by atoms with Crippen LogP contribution in [0.3, 0.4) is 0 Å². The highest BCUT2D eigenvalue weighted by molar-refractivity contribution is 4.97. The van der Waals surface area contributed by atoms with Crippen molar-refractivity contribution >= 4 is 0 Å². The van der Waals surface area contributed by atoms with Crippen LogP contribution in [0.15, 0.2) is 0 Å². The Morgan fingerprint density at radius 1 is 1.45 bits per heavy atom. The molecule has 64 valence electrons. The number of rotatable bonds is 0. The fourth-order valence-electron chi connectivity index (χ4n) is 2.48. The Morgan fingerprint density at radius 2 is 2.27 bits per heavy atom. The second-order valence-corrected chi connectivity index (χ2v) is 4.40. The zero-order chi connectivity index (χ0) is 7.90. The maximum absolute atomic E-state index is 3.45. The van der Waals surface area contributed by atoms with Crippen LogP contribution < -0.4 is 5.32 Å². The predicted octanol–water partition coefficient (Wildman–Crippen LogP) is 0.833. The van der Waals surface area contributed by atoms with Crippen LogP contribution >= 0.6 is 0 Å². The molecule has 2 aliphatic rings. The van der Waals surface area contributed by atoms with Crippen LogP contribution in [0.2, 0.25) is 0 Å². The summed E-state index contributed by atoms with van der Waals surface area (Å²) in [5.41, 5.74) is 0.479. The smallest absolute Gasteiger partial charge is 0.0227 e. The highest BCUT2D eigenvalue weighted by Crippen LogP contribution is 2.33. The van der Waals surface area contributed by atoms with Gasteiger partial charge in [-0.15, -0.1) is 0 Å². The van der Waals surface area contributed by atoms with Gasteiger partial charge in [0.25, 0.3) is 0 Å². The van der Waals surface area contributed by atoms with Crippen molar-refractivity contribution in [3.63, 3.8) is 0 Å². The Morgan fingerprint density at radius 3 is 3.00 bits per heavy atom. The van der Waals surface area contributed by atoms with E-state index in [-0.39, 0.29) is 0 Å². The van der Waals surface area contributed by atoms with Crippen molar-refractivity contribution in [2.45, 2.75) is 38.3 Å². The van der Waals surface area contributed by atoms with Gasteiger partial charge >= 0.3 is 0 Å². The van der Waals surface area contributed by atoms with Gasteiger partial charge in [0.1, 0.15) is 0 Å². The summed E-state index contributed by atoms with van der Waals surface area (Å²) < 4.78 is 0. The van der Waals surface area contributed by atoms with Crippen molar-refractivity contribution in [2.24, 2.45) is 0 Å². The van der Waals surface area contributed by atoms with Crippen molar-refractivity contribution in [1.29, 1.82) is 0 Å². The number of nitrogens with one attached hydrogen (secondary N) is 1. The van der Waals surface area contributed by atoms with Gasteiger partial charge in [-0.2, -0.15) is 0 Å². The van der Waals surface area contributed by atoms with Crippen LogP contribution in [-0.2, 0) is 0 Å². The molecule has 0 unspecified atom stereocenters. The van der Waals surface area contributed by atoms with Crippen LogP contribution in [0.5, 0.6) is 0 Å². The van der Waals surface area contributed by atoms with Crippen LogP contribution in [0, 0.1) is 0 Å². The van der Waals surface area contributed by atoms with Crippen molar-refractivity contribution in [2.75, 3.05) is 19.6 Å². The summed E-state index contributed by atoms with van der Waals surface area (Å²) in [6.45, 7) is 8.39. The zero-order valence-electron chi connectivity index (χ0n) is 7.56. The van der Waals surface area contributed by atoms with E-state index in [2.05, 4.69) is 24.1 Å². The van der Waals surface area contributed by atoms with Crippen molar-refractivity contribution < 1.29 is 0 Å². The first-order valence-corrected chi connectivity index (χ1v) is 4.68. The summed E-state index contributed by atoms with van der Waals surface area (Å²) in [6.07, 6.45) is 2.76. The van der Waals surface area contributed by atoms with E-state index in [1.807, 2.05) is 0 Å². The third-order valence-corrected chi connectivity index (χ3v) is 3.22. The Kier molecular flexibility index (Phi) is 1.69. The topological polar surface area (TPSA) is 15.3 Å². The monoisotopic (exact) mass is 154 g/mol. The molecule has 0 spiro atoms. The lowest BCUT2D eigenvalue weighted by Crippen LogP contribution is -2.53. The molecule has 2 fully saturated rings. The van der Waals surface area contributed by atoms with Gasteiger partial charge in [0.15, 0.2) is 0 Å². The molecule has 2 saturated heterocycles. The minimum absolute atomic E-state index is 0.479. The molecule has 2 nitrogen and oxygen atoms in total. The minimum Gasteiger partial charge on any atom is -0.314 e. The summed E-state index contributed by atoms with van der Waals surface area (Å²) in [7, 11) is 0. The molecule has 0 aliphatic carbocycles. The van der Waals surface area contributed by atoms with Gasteiger partial charge in [0.05, 0.1) is 0 Å². The number of nitrogens with zero attached hydrogens (tertiary/aromatic N) is 1. The average Bonchev–Trinajstić information content (AvgIpc) is 2.29. The third kappa shape index (κ3) is 1.18. The molecular formula is C9H18N2. The quantitative estimate of drug-likeness (QED) is 0.556. The Hall–Kier alpha value is -0.0800. The van der Waals surface area contributed by atoms with Gasteiger partial charge in [-0.3, -0.25) is 4.90 Å². The lowest BCUT2D eigenvalue weighted by atomic mass is 10.0. The first-order chi connectivity index (χ1) is 5.20. The molecule has 0 aromatic heterocycles. The molecule has 2 rings (SSSR count). The Labute approximate surface area is 69.0 Å². The molecule has 0 aromatic carbocycles. The van der Waals surface area contributed by atoms with Crippen LogP contribution in [0.4, 0.5) is 0 Å². The summed E-state index contributed by atoms with van der Waals surface area (Å²) in [5, 5.41) is 3.45. The molecule has 1 atom stereocenters. The lowest BCUT2D eigenvalue weighted by Gasteiger charge is -2.39. The van der Waals surface area contributed by atoms with Crippen LogP contribution in [0.1, 0.15) is 26.7 Å². The second-order valence-electron chi connectivity index (χ2n) is 4.40. The fraction of sp³-hybridized carbons (Fsp3) is 1.00. The second kappa shape index (κ2) is 2.46. The van der Waals surface area contributed by atoms with E-state index in [9.17, 15) is 0 Å².